The average molecular weight is 321 g/mol. The van der Waals surface area contributed by atoms with Gasteiger partial charge in [0.05, 0.1) is 0 Å². The number of anilines is 1. The normalized spacial score (nSPS) is 11.5. The molecule has 2 heteroatoms. The lowest BCUT2D eigenvalue weighted by Crippen LogP contribution is -2.07. The Bertz CT molecular complexity index is 1250. The fourth-order valence-electron chi connectivity index (χ4n) is 3.94. The zero-order chi connectivity index (χ0) is 17.0. The molecule has 0 heterocycles. The molecule has 0 bridgehead atoms. The standard InChI is InChI=1S/C23H15NO/c1-2-21(25)24-20-13-12-18-16-9-4-7-14-6-3-8-15(22(14)16)17-10-5-11-19(20)23(17)18/h2-13H,1H2,(H,24,25). The summed E-state index contributed by atoms with van der Waals surface area (Å²) < 4.78 is 0. The molecule has 5 aromatic rings. The second kappa shape index (κ2) is 5.05. The molecular formula is C23H15NO. The van der Waals surface area contributed by atoms with Crippen molar-refractivity contribution in [3.8, 4) is 0 Å². The van der Waals surface area contributed by atoms with E-state index in [-0.39, 0.29) is 5.91 Å². The summed E-state index contributed by atoms with van der Waals surface area (Å²) in [5, 5.41) is 12.6. The summed E-state index contributed by atoms with van der Waals surface area (Å²) in [5.41, 5.74) is 0.817. The fourth-order valence-corrected chi connectivity index (χ4v) is 3.94. The van der Waals surface area contributed by atoms with Gasteiger partial charge in [-0.2, -0.15) is 0 Å². The molecule has 0 aliphatic rings. The van der Waals surface area contributed by atoms with Crippen LogP contribution in [0.15, 0.2) is 79.4 Å². The quantitative estimate of drug-likeness (QED) is 0.246. The van der Waals surface area contributed by atoms with E-state index in [0.29, 0.717) is 0 Å². The zero-order valence-corrected chi connectivity index (χ0v) is 13.5. The third-order valence-electron chi connectivity index (χ3n) is 4.97. The topological polar surface area (TPSA) is 29.1 Å². The largest absolute Gasteiger partial charge is 0.322 e. The van der Waals surface area contributed by atoms with E-state index < -0.39 is 0 Å². The van der Waals surface area contributed by atoms with Crippen LogP contribution in [0.3, 0.4) is 0 Å². The van der Waals surface area contributed by atoms with E-state index in [9.17, 15) is 4.79 Å². The number of rotatable bonds is 2. The number of amides is 1. The van der Waals surface area contributed by atoms with Gasteiger partial charge in [-0.25, -0.2) is 0 Å². The van der Waals surface area contributed by atoms with Gasteiger partial charge in [-0.05, 0) is 49.8 Å². The summed E-state index contributed by atoms with van der Waals surface area (Å²) in [6, 6.07) is 23.3. The lowest BCUT2D eigenvalue weighted by molar-refractivity contribution is -0.111. The summed E-state index contributed by atoms with van der Waals surface area (Å²) in [7, 11) is 0. The maximum Gasteiger partial charge on any atom is 0.247 e. The molecule has 0 atom stereocenters. The third kappa shape index (κ3) is 1.88. The zero-order valence-electron chi connectivity index (χ0n) is 13.5. The van der Waals surface area contributed by atoms with Crippen LogP contribution in [-0.4, -0.2) is 5.91 Å². The number of carbonyl (C=O) groups is 1. The molecular weight excluding hydrogens is 306 g/mol. The molecule has 0 radical (unpaired) electrons. The number of fused-ring (bicyclic) bond motifs is 2. The van der Waals surface area contributed by atoms with Crippen LogP contribution in [0.5, 0.6) is 0 Å². The first-order valence-electron chi connectivity index (χ1n) is 8.29. The van der Waals surface area contributed by atoms with Gasteiger partial charge in [0.2, 0.25) is 5.91 Å². The van der Waals surface area contributed by atoms with E-state index in [0.717, 1.165) is 11.1 Å². The van der Waals surface area contributed by atoms with Crippen molar-refractivity contribution in [3.63, 3.8) is 0 Å². The second-order valence-electron chi connectivity index (χ2n) is 6.29. The van der Waals surface area contributed by atoms with Gasteiger partial charge in [0.25, 0.3) is 0 Å². The highest BCUT2D eigenvalue weighted by atomic mass is 16.1. The molecule has 0 saturated carbocycles. The average Bonchev–Trinajstić information content (AvgIpc) is 2.66. The predicted octanol–water partition coefficient (Wildman–Crippen LogP) is 5.86. The van der Waals surface area contributed by atoms with Gasteiger partial charge in [0, 0.05) is 11.1 Å². The fraction of sp³-hybridized carbons (Fsp3) is 0. The van der Waals surface area contributed by atoms with Crippen molar-refractivity contribution in [2.75, 3.05) is 5.32 Å². The van der Waals surface area contributed by atoms with Crippen molar-refractivity contribution in [2.45, 2.75) is 0 Å². The summed E-state index contributed by atoms with van der Waals surface area (Å²) >= 11 is 0. The Kier molecular flexibility index (Phi) is 2.83. The smallest absolute Gasteiger partial charge is 0.247 e. The lowest BCUT2D eigenvalue weighted by atomic mass is 9.89. The number of hydrogen-bond acceptors (Lipinski definition) is 1. The third-order valence-corrected chi connectivity index (χ3v) is 4.97. The van der Waals surface area contributed by atoms with Crippen molar-refractivity contribution >= 4 is 54.7 Å². The van der Waals surface area contributed by atoms with Gasteiger partial charge in [-0.3, -0.25) is 4.79 Å². The van der Waals surface area contributed by atoms with Crippen LogP contribution >= 0.6 is 0 Å². The van der Waals surface area contributed by atoms with E-state index in [1.165, 1.54) is 43.8 Å². The molecule has 1 N–H and O–H groups in total. The Balaban J connectivity index is 2.03. The minimum Gasteiger partial charge on any atom is -0.322 e. The Morgan fingerprint density at radius 1 is 0.720 bits per heavy atom. The van der Waals surface area contributed by atoms with Gasteiger partial charge >= 0.3 is 0 Å². The lowest BCUT2D eigenvalue weighted by Gasteiger charge is -2.16. The first-order chi connectivity index (χ1) is 12.3. The van der Waals surface area contributed by atoms with Crippen molar-refractivity contribution in [1.82, 2.24) is 0 Å². The van der Waals surface area contributed by atoms with E-state index in [4.69, 9.17) is 0 Å². The van der Waals surface area contributed by atoms with Crippen LogP contribution in [0.1, 0.15) is 0 Å². The minimum atomic E-state index is -0.195. The highest BCUT2D eigenvalue weighted by Crippen LogP contribution is 2.41. The van der Waals surface area contributed by atoms with Crippen LogP contribution in [0.4, 0.5) is 5.69 Å². The van der Waals surface area contributed by atoms with Crippen LogP contribution in [0.2, 0.25) is 0 Å². The summed E-state index contributed by atoms with van der Waals surface area (Å²) in [4.78, 5) is 11.8. The Labute approximate surface area is 144 Å². The summed E-state index contributed by atoms with van der Waals surface area (Å²) in [5.74, 6) is -0.195. The first-order valence-corrected chi connectivity index (χ1v) is 8.29. The number of hydrogen-bond donors (Lipinski definition) is 1. The molecule has 2 nitrogen and oxygen atoms in total. The molecule has 1 amide bonds. The Morgan fingerprint density at radius 2 is 1.28 bits per heavy atom. The Morgan fingerprint density at radius 3 is 1.96 bits per heavy atom. The van der Waals surface area contributed by atoms with Crippen LogP contribution in [-0.2, 0) is 4.79 Å². The molecule has 5 rings (SSSR count). The number of carbonyl (C=O) groups excluding carboxylic acids is 1. The minimum absolute atomic E-state index is 0.195. The summed E-state index contributed by atoms with van der Waals surface area (Å²) in [6.45, 7) is 3.54. The molecule has 5 aromatic carbocycles. The number of nitrogens with one attached hydrogen (secondary N) is 1. The predicted molar refractivity (Wildman–Crippen MR) is 106 cm³/mol. The monoisotopic (exact) mass is 321 g/mol. The van der Waals surface area contributed by atoms with E-state index in [1.54, 1.807) is 0 Å². The van der Waals surface area contributed by atoms with Gasteiger partial charge in [0.1, 0.15) is 0 Å². The molecule has 0 spiro atoms. The first kappa shape index (κ1) is 14.0. The van der Waals surface area contributed by atoms with Gasteiger partial charge in [-0.15, -0.1) is 0 Å². The molecule has 0 unspecified atom stereocenters. The van der Waals surface area contributed by atoms with Crippen molar-refractivity contribution in [1.29, 1.82) is 0 Å². The highest BCUT2D eigenvalue weighted by Gasteiger charge is 2.14. The Hall–Kier alpha value is -3.39. The van der Waals surface area contributed by atoms with E-state index in [2.05, 4.69) is 72.6 Å². The molecule has 25 heavy (non-hydrogen) atoms. The SMILES string of the molecule is C=CC(=O)Nc1ccc2c3cccc4cccc(c5cccc1c52)c43. The molecule has 0 aromatic heterocycles. The van der Waals surface area contributed by atoms with Crippen molar-refractivity contribution < 1.29 is 4.79 Å². The van der Waals surface area contributed by atoms with E-state index >= 15 is 0 Å². The highest BCUT2D eigenvalue weighted by molar-refractivity contribution is 6.34. The molecule has 0 fully saturated rings. The van der Waals surface area contributed by atoms with Gasteiger partial charge in [0.15, 0.2) is 0 Å². The van der Waals surface area contributed by atoms with Crippen LogP contribution < -0.4 is 5.32 Å². The van der Waals surface area contributed by atoms with Crippen LogP contribution in [0.25, 0.3) is 43.1 Å². The molecule has 0 aliphatic heterocycles. The number of benzene rings is 5. The second-order valence-corrected chi connectivity index (χ2v) is 6.29. The van der Waals surface area contributed by atoms with Gasteiger partial charge in [-0.1, -0.05) is 67.2 Å². The maximum absolute atomic E-state index is 11.8. The van der Waals surface area contributed by atoms with Crippen LogP contribution in [0, 0.1) is 0 Å². The van der Waals surface area contributed by atoms with Crippen molar-refractivity contribution in [3.05, 3.63) is 79.4 Å². The van der Waals surface area contributed by atoms with E-state index in [1.807, 2.05) is 6.07 Å². The molecule has 0 aliphatic carbocycles. The van der Waals surface area contributed by atoms with Gasteiger partial charge < -0.3 is 5.32 Å². The molecule has 118 valence electrons. The molecule has 0 saturated heterocycles. The summed E-state index contributed by atoms with van der Waals surface area (Å²) in [6.07, 6.45) is 1.30. The van der Waals surface area contributed by atoms with Crippen molar-refractivity contribution in [2.24, 2.45) is 0 Å². The maximum atomic E-state index is 11.8.